The van der Waals surface area contributed by atoms with E-state index in [4.69, 9.17) is 10.5 Å². The number of rotatable bonds is 5. The molecule has 0 unspecified atom stereocenters. The van der Waals surface area contributed by atoms with E-state index in [1.165, 1.54) is 12.1 Å². The standard InChI is InChI=1S/C16H18N4O4S2/c1-8(2)24-16(23)19-14(22)10-5-6-26-15(10)18-13(21)9-3-4-11(17)12(7-9)20-25/h3-8,20,25H,17H2,1-2H3,(H,18,21)(H,19,22,23). The van der Waals surface area contributed by atoms with Crippen LogP contribution in [0.1, 0.15) is 34.6 Å². The van der Waals surface area contributed by atoms with Crippen molar-refractivity contribution in [2.24, 2.45) is 0 Å². The summed E-state index contributed by atoms with van der Waals surface area (Å²) in [6.45, 7) is 3.34. The number of benzene rings is 1. The molecule has 26 heavy (non-hydrogen) atoms. The first-order chi connectivity index (χ1) is 12.3. The maximum absolute atomic E-state index is 12.4. The Morgan fingerprint density at radius 2 is 1.92 bits per heavy atom. The molecule has 10 heteroatoms. The molecule has 0 radical (unpaired) electrons. The smallest absolute Gasteiger partial charge is 0.414 e. The average molecular weight is 394 g/mol. The molecule has 8 nitrogen and oxygen atoms in total. The van der Waals surface area contributed by atoms with Crippen LogP contribution in [0.25, 0.3) is 0 Å². The number of carbonyl (C=O) groups excluding carboxylic acids is 3. The van der Waals surface area contributed by atoms with Crippen LogP contribution in [0.3, 0.4) is 0 Å². The number of thiophene rings is 1. The third kappa shape index (κ3) is 4.90. The number of hydrogen-bond donors (Lipinski definition) is 5. The quantitative estimate of drug-likeness (QED) is 0.392. The molecule has 0 saturated carbocycles. The largest absolute Gasteiger partial charge is 0.447 e. The monoisotopic (exact) mass is 394 g/mol. The summed E-state index contributed by atoms with van der Waals surface area (Å²) >= 11 is 5.08. The number of alkyl carbamates (subject to hydrolysis) is 1. The molecule has 2 aromatic rings. The van der Waals surface area contributed by atoms with Gasteiger partial charge in [0.1, 0.15) is 5.00 Å². The molecular weight excluding hydrogens is 376 g/mol. The number of amides is 3. The third-order valence-corrected chi connectivity index (χ3v) is 4.20. The van der Waals surface area contributed by atoms with Crippen molar-refractivity contribution in [2.75, 3.05) is 15.8 Å². The van der Waals surface area contributed by atoms with Crippen LogP contribution in [-0.2, 0) is 4.74 Å². The van der Waals surface area contributed by atoms with E-state index in [0.717, 1.165) is 11.3 Å². The Morgan fingerprint density at radius 3 is 2.58 bits per heavy atom. The number of nitrogen functional groups attached to an aromatic ring is 1. The first-order valence-electron chi connectivity index (χ1n) is 7.52. The lowest BCUT2D eigenvalue weighted by Crippen LogP contribution is -2.32. The highest BCUT2D eigenvalue weighted by Crippen LogP contribution is 2.25. The first-order valence-corrected chi connectivity index (χ1v) is 8.85. The molecule has 0 saturated heterocycles. The Kier molecular flexibility index (Phi) is 6.47. The summed E-state index contributed by atoms with van der Waals surface area (Å²) in [6, 6.07) is 6.15. The second kappa shape index (κ2) is 8.59. The number of thiol groups is 1. The predicted octanol–water partition coefficient (Wildman–Crippen LogP) is 3.11. The third-order valence-electron chi connectivity index (χ3n) is 3.13. The van der Waals surface area contributed by atoms with E-state index in [0.29, 0.717) is 21.9 Å². The van der Waals surface area contributed by atoms with Gasteiger partial charge in [-0.25, -0.2) is 4.79 Å². The number of hydrogen-bond acceptors (Lipinski definition) is 8. The molecule has 0 fully saturated rings. The van der Waals surface area contributed by atoms with Gasteiger partial charge in [0.2, 0.25) is 0 Å². The Balaban J connectivity index is 2.12. The van der Waals surface area contributed by atoms with Crippen LogP contribution in [0.15, 0.2) is 29.6 Å². The first kappa shape index (κ1) is 19.6. The summed E-state index contributed by atoms with van der Waals surface area (Å²) < 4.78 is 7.46. The summed E-state index contributed by atoms with van der Waals surface area (Å²) in [5.41, 5.74) is 7.16. The van der Waals surface area contributed by atoms with E-state index < -0.39 is 17.9 Å². The Morgan fingerprint density at radius 1 is 1.19 bits per heavy atom. The van der Waals surface area contributed by atoms with Gasteiger partial charge in [0, 0.05) is 5.56 Å². The zero-order valence-corrected chi connectivity index (χ0v) is 15.7. The predicted molar refractivity (Wildman–Crippen MR) is 105 cm³/mol. The number of carbonyl (C=O) groups is 3. The SMILES string of the molecule is CC(C)OC(=O)NC(=O)c1ccsc1NC(=O)c1ccc(N)c(NS)c1. The van der Waals surface area contributed by atoms with E-state index in [2.05, 4.69) is 28.2 Å². The lowest BCUT2D eigenvalue weighted by atomic mass is 10.1. The van der Waals surface area contributed by atoms with Crippen molar-refractivity contribution in [3.8, 4) is 0 Å². The van der Waals surface area contributed by atoms with Crippen molar-refractivity contribution in [1.82, 2.24) is 5.32 Å². The van der Waals surface area contributed by atoms with E-state index in [-0.39, 0.29) is 11.7 Å². The number of nitrogens with two attached hydrogens (primary N) is 1. The van der Waals surface area contributed by atoms with Crippen molar-refractivity contribution < 1.29 is 19.1 Å². The highest BCUT2D eigenvalue weighted by Gasteiger charge is 2.19. The summed E-state index contributed by atoms with van der Waals surface area (Å²) in [5.74, 6) is -1.10. The highest BCUT2D eigenvalue weighted by atomic mass is 32.1. The summed E-state index contributed by atoms with van der Waals surface area (Å²) in [4.78, 5) is 36.2. The molecule has 1 heterocycles. The summed E-state index contributed by atoms with van der Waals surface area (Å²) in [7, 11) is 0. The maximum atomic E-state index is 12.4. The van der Waals surface area contributed by atoms with Gasteiger partial charge in [-0.2, -0.15) is 0 Å². The summed E-state index contributed by atoms with van der Waals surface area (Å²) in [5, 5.41) is 6.69. The Hall–Kier alpha value is -2.72. The molecule has 0 aliphatic heterocycles. The molecule has 138 valence electrons. The Labute approximate surface area is 159 Å². The van der Waals surface area contributed by atoms with Crippen LogP contribution in [0, 0.1) is 0 Å². The van der Waals surface area contributed by atoms with Gasteiger partial charge in [-0.15, -0.1) is 11.3 Å². The number of ether oxygens (including phenoxy) is 1. The second-order valence-electron chi connectivity index (χ2n) is 5.44. The van der Waals surface area contributed by atoms with Crippen LogP contribution in [0.4, 0.5) is 21.2 Å². The van der Waals surface area contributed by atoms with Crippen LogP contribution < -0.4 is 21.1 Å². The van der Waals surface area contributed by atoms with Crippen LogP contribution in [0.2, 0.25) is 0 Å². The minimum absolute atomic E-state index is 0.159. The van der Waals surface area contributed by atoms with Gasteiger partial charge in [-0.3, -0.25) is 14.9 Å². The van der Waals surface area contributed by atoms with E-state index >= 15 is 0 Å². The van der Waals surface area contributed by atoms with E-state index in [9.17, 15) is 14.4 Å². The van der Waals surface area contributed by atoms with E-state index in [1.807, 2.05) is 0 Å². The molecular formula is C16H18N4O4S2. The second-order valence-corrected chi connectivity index (χ2v) is 6.58. The molecule has 0 aliphatic rings. The molecule has 3 amide bonds. The lowest BCUT2D eigenvalue weighted by Gasteiger charge is -2.10. The molecule has 1 aromatic carbocycles. The van der Waals surface area contributed by atoms with Gasteiger partial charge in [0.25, 0.3) is 11.8 Å². The zero-order valence-electron chi connectivity index (χ0n) is 14.0. The van der Waals surface area contributed by atoms with E-state index in [1.54, 1.807) is 31.4 Å². The van der Waals surface area contributed by atoms with Crippen molar-refractivity contribution >= 4 is 58.4 Å². The minimum atomic E-state index is -0.850. The minimum Gasteiger partial charge on any atom is -0.447 e. The summed E-state index contributed by atoms with van der Waals surface area (Å²) in [6.07, 6.45) is -1.21. The number of imide groups is 1. The Bertz CT molecular complexity index is 835. The fourth-order valence-corrected chi connectivity index (χ4v) is 2.93. The maximum Gasteiger partial charge on any atom is 0.414 e. The van der Waals surface area contributed by atoms with Gasteiger partial charge in [0.05, 0.1) is 23.0 Å². The lowest BCUT2D eigenvalue weighted by molar-refractivity contribution is 0.0877. The molecule has 2 rings (SSSR count). The van der Waals surface area contributed by atoms with Gasteiger partial charge in [-0.05, 0) is 43.5 Å². The normalized spacial score (nSPS) is 10.3. The van der Waals surface area contributed by atoms with Crippen molar-refractivity contribution in [1.29, 1.82) is 0 Å². The molecule has 0 spiro atoms. The van der Waals surface area contributed by atoms with Crippen molar-refractivity contribution in [2.45, 2.75) is 20.0 Å². The zero-order chi connectivity index (χ0) is 19.3. The molecule has 0 atom stereocenters. The molecule has 0 bridgehead atoms. The fourth-order valence-electron chi connectivity index (χ4n) is 1.96. The topological polar surface area (TPSA) is 123 Å². The number of nitrogens with one attached hydrogen (secondary N) is 3. The molecule has 5 N–H and O–H groups in total. The molecule has 1 aromatic heterocycles. The van der Waals surface area contributed by atoms with Gasteiger partial charge >= 0.3 is 6.09 Å². The fraction of sp³-hybridized carbons (Fsp3) is 0.188. The van der Waals surface area contributed by atoms with Crippen LogP contribution in [-0.4, -0.2) is 24.0 Å². The van der Waals surface area contributed by atoms with Crippen molar-refractivity contribution in [3.05, 3.63) is 40.8 Å². The average Bonchev–Trinajstić information content (AvgIpc) is 3.02. The van der Waals surface area contributed by atoms with Crippen molar-refractivity contribution in [3.63, 3.8) is 0 Å². The number of anilines is 3. The van der Waals surface area contributed by atoms with Gasteiger partial charge in [0.15, 0.2) is 0 Å². The van der Waals surface area contributed by atoms with Crippen LogP contribution in [0.5, 0.6) is 0 Å². The molecule has 0 aliphatic carbocycles. The van der Waals surface area contributed by atoms with Crippen LogP contribution >= 0.6 is 24.2 Å². The van der Waals surface area contributed by atoms with Gasteiger partial charge in [-0.1, -0.05) is 12.8 Å². The highest BCUT2D eigenvalue weighted by molar-refractivity contribution is 7.81. The van der Waals surface area contributed by atoms with Gasteiger partial charge < -0.3 is 20.5 Å².